The van der Waals surface area contributed by atoms with Gasteiger partial charge >= 0.3 is 12.1 Å². The van der Waals surface area contributed by atoms with Crippen LogP contribution in [-0.2, 0) is 21.2 Å². The minimum atomic E-state index is -4.64. The molecule has 0 bridgehead atoms. The molecule has 0 spiro atoms. The van der Waals surface area contributed by atoms with E-state index in [2.05, 4.69) is 0 Å². The minimum absolute atomic E-state index is 0.295. The number of nitrogens with one attached hydrogen (secondary N) is 1. The first-order chi connectivity index (χ1) is 8.60. The summed E-state index contributed by atoms with van der Waals surface area (Å²) < 4.78 is 60.1. The van der Waals surface area contributed by atoms with Gasteiger partial charge in [-0.1, -0.05) is 12.1 Å². The Morgan fingerprint density at radius 1 is 1.21 bits per heavy atom. The maximum absolute atomic E-state index is 11.9. The van der Waals surface area contributed by atoms with Crippen molar-refractivity contribution >= 4 is 16.0 Å². The van der Waals surface area contributed by atoms with Crippen LogP contribution in [0.15, 0.2) is 29.2 Å². The van der Waals surface area contributed by atoms with Crippen molar-refractivity contribution in [2.45, 2.75) is 17.5 Å². The summed E-state index contributed by atoms with van der Waals surface area (Å²) in [7, 11) is -4.26. The van der Waals surface area contributed by atoms with Crippen LogP contribution < -0.4 is 4.72 Å². The molecule has 0 aliphatic rings. The highest BCUT2D eigenvalue weighted by atomic mass is 32.2. The number of sulfonamides is 1. The lowest BCUT2D eigenvalue weighted by atomic mass is 10.2. The quantitative estimate of drug-likeness (QED) is 0.854. The number of alkyl halides is 3. The lowest BCUT2D eigenvalue weighted by Crippen LogP contribution is -2.33. The summed E-state index contributed by atoms with van der Waals surface area (Å²) in [5.74, 6) is -1.09. The minimum Gasteiger partial charge on any atom is -0.481 e. The highest BCUT2D eigenvalue weighted by Gasteiger charge is 2.29. The van der Waals surface area contributed by atoms with E-state index in [1.807, 2.05) is 0 Å². The SMILES string of the molecule is O=C(O)Cc1ccc(S(=O)(=O)NCC(F)(F)F)cc1. The van der Waals surface area contributed by atoms with Crippen molar-refractivity contribution in [1.29, 1.82) is 0 Å². The summed E-state index contributed by atoms with van der Waals surface area (Å²) in [4.78, 5) is 10.1. The molecule has 1 aromatic carbocycles. The normalized spacial score (nSPS) is 12.4. The first-order valence-corrected chi connectivity index (χ1v) is 6.46. The Kier molecular flexibility index (Phi) is 4.53. The fourth-order valence-corrected chi connectivity index (χ4v) is 2.24. The summed E-state index contributed by atoms with van der Waals surface area (Å²) >= 11 is 0. The molecular weight excluding hydrogens is 287 g/mol. The Morgan fingerprint density at radius 2 is 1.74 bits per heavy atom. The number of carboxylic acid groups (broad SMARTS) is 1. The van der Waals surface area contributed by atoms with Crippen LogP contribution in [0.25, 0.3) is 0 Å². The molecule has 1 rings (SSSR count). The topological polar surface area (TPSA) is 83.5 Å². The third-order valence-corrected chi connectivity index (χ3v) is 3.47. The summed E-state index contributed by atoms with van der Waals surface area (Å²) in [6.45, 7) is -1.66. The molecule has 0 aromatic heterocycles. The molecule has 9 heteroatoms. The van der Waals surface area contributed by atoms with Crippen molar-refractivity contribution in [3.05, 3.63) is 29.8 Å². The van der Waals surface area contributed by atoms with Gasteiger partial charge in [-0.2, -0.15) is 13.2 Å². The third-order valence-electron chi connectivity index (χ3n) is 2.05. The lowest BCUT2D eigenvalue weighted by Gasteiger charge is -2.09. The van der Waals surface area contributed by atoms with Gasteiger partial charge in [0.05, 0.1) is 11.3 Å². The van der Waals surface area contributed by atoms with Crippen molar-refractivity contribution < 1.29 is 31.5 Å². The molecular formula is C10H10F3NO4S. The van der Waals surface area contributed by atoms with E-state index in [0.717, 1.165) is 12.1 Å². The molecule has 1 aromatic rings. The van der Waals surface area contributed by atoms with E-state index in [-0.39, 0.29) is 11.3 Å². The zero-order valence-electron chi connectivity index (χ0n) is 9.44. The summed E-state index contributed by atoms with van der Waals surface area (Å²) in [5.41, 5.74) is 0.349. The van der Waals surface area contributed by atoms with E-state index in [0.29, 0.717) is 5.56 Å². The highest BCUT2D eigenvalue weighted by molar-refractivity contribution is 7.89. The number of hydrogen-bond acceptors (Lipinski definition) is 3. The smallest absolute Gasteiger partial charge is 0.402 e. The Bertz CT molecular complexity index is 551. The van der Waals surface area contributed by atoms with E-state index in [4.69, 9.17) is 5.11 Å². The van der Waals surface area contributed by atoms with E-state index >= 15 is 0 Å². The third kappa shape index (κ3) is 5.26. The first kappa shape index (κ1) is 15.4. The zero-order chi connectivity index (χ0) is 14.7. The van der Waals surface area contributed by atoms with Crippen molar-refractivity contribution in [2.24, 2.45) is 0 Å². The average Bonchev–Trinajstić information content (AvgIpc) is 2.26. The van der Waals surface area contributed by atoms with Gasteiger partial charge in [0, 0.05) is 0 Å². The number of benzene rings is 1. The molecule has 0 saturated carbocycles. The van der Waals surface area contributed by atoms with Crippen molar-refractivity contribution in [2.75, 3.05) is 6.54 Å². The second-order valence-electron chi connectivity index (χ2n) is 3.65. The first-order valence-electron chi connectivity index (χ1n) is 4.97. The predicted octanol–water partition coefficient (Wildman–Crippen LogP) is 1.15. The van der Waals surface area contributed by atoms with Crippen LogP contribution in [0.4, 0.5) is 13.2 Å². The van der Waals surface area contributed by atoms with E-state index in [9.17, 15) is 26.4 Å². The molecule has 0 radical (unpaired) electrons. The van der Waals surface area contributed by atoms with Gasteiger partial charge in [-0.25, -0.2) is 13.1 Å². The number of aliphatic carboxylic acids is 1. The van der Waals surface area contributed by atoms with Gasteiger partial charge in [0.2, 0.25) is 10.0 Å². The number of rotatable bonds is 5. The van der Waals surface area contributed by atoms with E-state index in [1.54, 1.807) is 0 Å². The Labute approximate surface area is 107 Å². The molecule has 0 aliphatic heterocycles. The van der Waals surface area contributed by atoms with Crippen LogP contribution in [0, 0.1) is 0 Å². The molecule has 19 heavy (non-hydrogen) atoms. The highest BCUT2D eigenvalue weighted by Crippen LogP contribution is 2.15. The van der Waals surface area contributed by atoms with Gasteiger partial charge in [0.25, 0.3) is 0 Å². The molecule has 0 fully saturated rings. The molecule has 0 aliphatic carbocycles. The van der Waals surface area contributed by atoms with Crippen LogP contribution in [0.2, 0.25) is 0 Å². The molecule has 106 valence electrons. The zero-order valence-corrected chi connectivity index (χ0v) is 10.3. The van der Waals surface area contributed by atoms with Gasteiger partial charge in [-0.05, 0) is 17.7 Å². The van der Waals surface area contributed by atoms with Crippen molar-refractivity contribution in [1.82, 2.24) is 4.72 Å². The number of hydrogen-bond donors (Lipinski definition) is 2. The lowest BCUT2D eigenvalue weighted by molar-refractivity contribution is -0.136. The van der Waals surface area contributed by atoms with Crippen LogP contribution in [0.3, 0.4) is 0 Å². The summed E-state index contributed by atoms with van der Waals surface area (Å²) in [6.07, 6.45) is -4.94. The largest absolute Gasteiger partial charge is 0.481 e. The average molecular weight is 297 g/mol. The number of carbonyl (C=O) groups is 1. The maximum atomic E-state index is 11.9. The summed E-state index contributed by atoms with van der Waals surface area (Å²) in [5, 5.41) is 8.51. The number of halogens is 3. The van der Waals surface area contributed by atoms with Crippen LogP contribution in [0.1, 0.15) is 5.56 Å². The van der Waals surface area contributed by atoms with Crippen LogP contribution >= 0.6 is 0 Å². The van der Waals surface area contributed by atoms with E-state index < -0.39 is 28.7 Å². The fourth-order valence-electron chi connectivity index (χ4n) is 1.22. The summed E-state index contributed by atoms with van der Waals surface area (Å²) in [6, 6.07) is 4.57. The number of carboxylic acids is 1. The van der Waals surface area contributed by atoms with Gasteiger partial charge in [-0.15, -0.1) is 0 Å². The molecule has 0 heterocycles. The Balaban J connectivity index is 2.82. The van der Waals surface area contributed by atoms with Gasteiger partial charge in [0.15, 0.2) is 0 Å². The van der Waals surface area contributed by atoms with Crippen molar-refractivity contribution in [3.8, 4) is 0 Å². The second kappa shape index (κ2) is 5.57. The standard InChI is InChI=1S/C10H10F3NO4S/c11-10(12,13)6-14-19(17,18)8-3-1-7(2-4-8)5-9(15)16/h1-4,14H,5-6H2,(H,15,16). The van der Waals surface area contributed by atoms with Gasteiger partial charge < -0.3 is 5.11 Å². The molecule has 0 unspecified atom stereocenters. The molecule has 0 amide bonds. The fraction of sp³-hybridized carbons (Fsp3) is 0.300. The molecule has 0 saturated heterocycles. The van der Waals surface area contributed by atoms with Crippen LogP contribution in [0.5, 0.6) is 0 Å². The molecule has 2 N–H and O–H groups in total. The van der Waals surface area contributed by atoms with Gasteiger partial charge in [0.1, 0.15) is 6.54 Å². The Morgan fingerprint density at radius 3 is 2.16 bits per heavy atom. The molecule has 5 nitrogen and oxygen atoms in total. The van der Waals surface area contributed by atoms with Crippen LogP contribution in [-0.4, -0.2) is 32.2 Å². The Hall–Kier alpha value is -1.61. The predicted molar refractivity (Wildman–Crippen MR) is 59.0 cm³/mol. The monoisotopic (exact) mass is 297 g/mol. The second-order valence-corrected chi connectivity index (χ2v) is 5.42. The maximum Gasteiger partial charge on any atom is 0.402 e. The van der Waals surface area contributed by atoms with Gasteiger partial charge in [-0.3, -0.25) is 4.79 Å². The van der Waals surface area contributed by atoms with Crippen molar-refractivity contribution in [3.63, 3.8) is 0 Å². The van der Waals surface area contributed by atoms with E-state index in [1.165, 1.54) is 16.9 Å². The molecule has 0 atom stereocenters.